The summed E-state index contributed by atoms with van der Waals surface area (Å²) in [6.45, 7) is 3.29. The average Bonchev–Trinajstić information content (AvgIpc) is 3.31. The van der Waals surface area contributed by atoms with Crippen molar-refractivity contribution in [2.75, 3.05) is 50.1 Å². The molecular formula is C29H27FN6O4. The Morgan fingerprint density at radius 1 is 1.20 bits per heavy atom. The van der Waals surface area contributed by atoms with Crippen LogP contribution in [0.25, 0.3) is 33.3 Å². The SMILES string of the molecule is CNc1cc(F)cc2c1Cc1ncc(-c3cnc4c(c3)c(=O)c(C(=O)O)cn4C)c(N3CCOC4(CNC4)C3)c1-2. The van der Waals surface area contributed by atoms with E-state index in [1.54, 1.807) is 43.2 Å². The topological polar surface area (TPSA) is 122 Å². The molecule has 0 atom stereocenters. The minimum absolute atomic E-state index is 0.205. The van der Waals surface area contributed by atoms with Crippen molar-refractivity contribution in [2.24, 2.45) is 7.05 Å². The molecule has 0 amide bonds. The molecule has 0 saturated carbocycles. The summed E-state index contributed by atoms with van der Waals surface area (Å²) in [4.78, 5) is 36.6. The number of anilines is 2. The number of benzene rings is 1. The van der Waals surface area contributed by atoms with E-state index in [0.717, 1.165) is 52.4 Å². The number of nitrogens with one attached hydrogen (secondary N) is 2. The molecule has 0 unspecified atom stereocenters. The van der Waals surface area contributed by atoms with Crippen LogP contribution in [0, 0.1) is 5.82 Å². The van der Waals surface area contributed by atoms with E-state index in [1.807, 2.05) is 0 Å². The number of hydrogen-bond acceptors (Lipinski definition) is 8. The van der Waals surface area contributed by atoms with Crippen molar-refractivity contribution in [3.63, 3.8) is 0 Å². The number of morpholine rings is 1. The molecule has 4 aromatic rings. The number of aromatic carboxylic acids is 1. The van der Waals surface area contributed by atoms with Crippen LogP contribution in [0.1, 0.15) is 21.6 Å². The van der Waals surface area contributed by atoms with Crippen molar-refractivity contribution < 1.29 is 19.0 Å². The number of nitrogens with zero attached hydrogens (tertiary/aromatic N) is 4. The minimum atomic E-state index is -1.29. The summed E-state index contributed by atoms with van der Waals surface area (Å²) < 4.78 is 22.6. The number of fused-ring (bicyclic) bond motifs is 4. The second-order valence-electron chi connectivity index (χ2n) is 10.7. The van der Waals surface area contributed by atoms with E-state index in [4.69, 9.17) is 9.72 Å². The van der Waals surface area contributed by atoms with Crippen molar-refractivity contribution in [1.29, 1.82) is 0 Å². The third-order valence-corrected chi connectivity index (χ3v) is 8.24. The molecule has 3 N–H and O–H groups in total. The van der Waals surface area contributed by atoms with Crippen LogP contribution in [-0.4, -0.2) is 71.0 Å². The summed E-state index contributed by atoms with van der Waals surface area (Å²) in [5.74, 6) is -1.63. The number of aromatic nitrogens is 3. The van der Waals surface area contributed by atoms with E-state index in [9.17, 15) is 19.1 Å². The van der Waals surface area contributed by atoms with Gasteiger partial charge in [-0.05, 0) is 29.3 Å². The Balaban J connectivity index is 1.49. The highest BCUT2D eigenvalue weighted by Gasteiger charge is 2.44. The number of rotatable bonds is 4. The third-order valence-electron chi connectivity index (χ3n) is 8.24. The lowest BCUT2D eigenvalue weighted by Crippen LogP contribution is -2.69. The van der Waals surface area contributed by atoms with Crippen molar-refractivity contribution in [3.05, 3.63) is 69.7 Å². The van der Waals surface area contributed by atoms with Crippen molar-refractivity contribution in [3.8, 4) is 22.3 Å². The molecule has 2 aliphatic heterocycles. The number of aryl methyl sites for hydroxylation is 1. The van der Waals surface area contributed by atoms with E-state index >= 15 is 0 Å². The Kier molecular flexibility index (Phi) is 5.45. The van der Waals surface area contributed by atoms with E-state index in [1.165, 1.54) is 12.3 Å². The summed E-state index contributed by atoms with van der Waals surface area (Å²) >= 11 is 0. The number of ether oxygens (including phenoxy) is 1. The molecule has 2 fully saturated rings. The molecule has 1 aromatic carbocycles. The lowest BCUT2D eigenvalue weighted by Gasteiger charge is -2.50. The minimum Gasteiger partial charge on any atom is -0.477 e. The smallest absolute Gasteiger partial charge is 0.341 e. The quantitative estimate of drug-likeness (QED) is 0.315. The molecular weight excluding hydrogens is 515 g/mol. The fourth-order valence-corrected chi connectivity index (χ4v) is 6.25. The van der Waals surface area contributed by atoms with Crippen LogP contribution in [0.15, 0.2) is 41.6 Å². The maximum Gasteiger partial charge on any atom is 0.341 e. The molecule has 1 spiro atoms. The second-order valence-corrected chi connectivity index (χ2v) is 10.7. The van der Waals surface area contributed by atoms with Gasteiger partial charge in [0.1, 0.15) is 22.6 Å². The van der Waals surface area contributed by atoms with Crippen LogP contribution in [0.5, 0.6) is 0 Å². The number of carboxylic acids is 1. The number of carboxylic acid groups (broad SMARTS) is 1. The summed E-state index contributed by atoms with van der Waals surface area (Å²) in [6.07, 6.45) is 5.30. The van der Waals surface area contributed by atoms with E-state index < -0.39 is 11.4 Å². The van der Waals surface area contributed by atoms with Gasteiger partial charge in [-0.25, -0.2) is 14.2 Å². The number of hydrogen-bond donors (Lipinski definition) is 3. The Morgan fingerprint density at radius 3 is 2.75 bits per heavy atom. The van der Waals surface area contributed by atoms with Gasteiger partial charge in [-0.15, -0.1) is 0 Å². The Morgan fingerprint density at radius 2 is 2.02 bits per heavy atom. The highest BCUT2D eigenvalue weighted by molar-refractivity contribution is 5.98. The summed E-state index contributed by atoms with van der Waals surface area (Å²) in [5.41, 5.74) is 5.61. The Hall–Kier alpha value is -4.35. The van der Waals surface area contributed by atoms with Crippen molar-refractivity contribution >= 4 is 28.4 Å². The lowest BCUT2D eigenvalue weighted by molar-refractivity contribution is -0.0881. The number of pyridine rings is 3. The maximum absolute atomic E-state index is 14.9. The molecule has 1 aliphatic carbocycles. The highest BCUT2D eigenvalue weighted by atomic mass is 19.1. The van der Waals surface area contributed by atoms with Gasteiger partial charge < -0.3 is 29.9 Å². The standard InChI is InChI=1S/C29H27FN6O4/c1-31-22-7-16(30)6-18-17(22)8-23-24(18)25(36-3-4-40-29(14-36)12-32-13-29)20(10-33-23)15-5-19-26(37)21(28(38)39)11-35(2)27(19)34-9-15/h5-7,9-11,31-32H,3-4,8,12-14H2,1-2H3,(H,38,39). The predicted molar refractivity (Wildman–Crippen MR) is 149 cm³/mol. The maximum atomic E-state index is 14.9. The molecule has 7 rings (SSSR count). The molecule has 10 nitrogen and oxygen atoms in total. The first-order valence-electron chi connectivity index (χ1n) is 13.1. The Labute approximate surface area is 228 Å². The molecule has 0 radical (unpaired) electrons. The summed E-state index contributed by atoms with van der Waals surface area (Å²) in [5, 5.41) is 16.2. The van der Waals surface area contributed by atoms with Gasteiger partial charge >= 0.3 is 5.97 Å². The monoisotopic (exact) mass is 542 g/mol. The van der Waals surface area contributed by atoms with Crippen molar-refractivity contribution in [1.82, 2.24) is 19.9 Å². The normalized spacial score (nSPS) is 17.0. The van der Waals surface area contributed by atoms with Gasteiger partial charge in [-0.3, -0.25) is 9.78 Å². The van der Waals surface area contributed by atoms with Crippen LogP contribution >= 0.6 is 0 Å². The number of carbonyl (C=O) groups is 1. The van der Waals surface area contributed by atoms with Gasteiger partial charge in [-0.2, -0.15) is 0 Å². The molecule has 0 bridgehead atoms. The number of halogens is 1. The van der Waals surface area contributed by atoms with Gasteiger partial charge in [-0.1, -0.05) is 0 Å². The van der Waals surface area contributed by atoms with E-state index in [0.29, 0.717) is 37.3 Å². The molecule has 204 valence electrons. The fraction of sp³-hybridized carbons (Fsp3) is 0.310. The predicted octanol–water partition coefficient (Wildman–Crippen LogP) is 2.62. The molecule has 2 saturated heterocycles. The van der Waals surface area contributed by atoms with Gasteiger partial charge in [0.15, 0.2) is 0 Å². The van der Waals surface area contributed by atoms with E-state index in [-0.39, 0.29) is 22.4 Å². The lowest BCUT2D eigenvalue weighted by atomic mass is 9.92. The van der Waals surface area contributed by atoms with Gasteiger partial charge in [0.2, 0.25) is 5.43 Å². The van der Waals surface area contributed by atoms with Crippen LogP contribution in [-0.2, 0) is 18.2 Å². The first kappa shape index (κ1) is 24.7. The van der Waals surface area contributed by atoms with Gasteiger partial charge in [0.05, 0.1) is 23.4 Å². The summed E-state index contributed by atoms with van der Waals surface area (Å²) in [6, 6.07) is 4.75. The fourth-order valence-electron chi connectivity index (χ4n) is 6.25. The van der Waals surface area contributed by atoms with Crippen LogP contribution in [0.2, 0.25) is 0 Å². The van der Waals surface area contributed by atoms with Gasteiger partial charge in [0, 0.05) is 87.7 Å². The zero-order valence-electron chi connectivity index (χ0n) is 22.0. The van der Waals surface area contributed by atoms with Crippen molar-refractivity contribution in [2.45, 2.75) is 12.0 Å². The van der Waals surface area contributed by atoms with Crippen LogP contribution in [0.3, 0.4) is 0 Å². The largest absolute Gasteiger partial charge is 0.477 e. The zero-order chi connectivity index (χ0) is 27.8. The molecule has 3 aliphatic rings. The molecule has 3 aromatic heterocycles. The van der Waals surface area contributed by atoms with Gasteiger partial charge in [0.25, 0.3) is 0 Å². The molecule has 11 heteroatoms. The van der Waals surface area contributed by atoms with E-state index in [2.05, 4.69) is 20.5 Å². The highest BCUT2D eigenvalue weighted by Crippen LogP contribution is 2.49. The zero-order valence-corrected chi connectivity index (χ0v) is 22.0. The third kappa shape index (κ3) is 3.61. The first-order valence-corrected chi connectivity index (χ1v) is 13.1. The Bertz CT molecular complexity index is 1800. The first-order chi connectivity index (χ1) is 19.3. The van der Waals surface area contributed by atoms with Crippen LogP contribution < -0.4 is 21.0 Å². The average molecular weight is 543 g/mol. The summed E-state index contributed by atoms with van der Waals surface area (Å²) in [7, 11) is 3.44. The molecule has 5 heterocycles. The molecule has 40 heavy (non-hydrogen) atoms. The second kappa shape index (κ2) is 8.83. The van der Waals surface area contributed by atoms with Crippen LogP contribution in [0.4, 0.5) is 15.8 Å².